The van der Waals surface area contributed by atoms with Gasteiger partial charge in [0.25, 0.3) is 0 Å². The molecule has 0 amide bonds. The van der Waals surface area contributed by atoms with Crippen molar-refractivity contribution in [3.05, 3.63) is 83.4 Å². The summed E-state index contributed by atoms with van der Waals surface area (Å²) >= 11 is 0. The lowest BCUT2D eigenvalue weighted by molar-refractivity contribution is 0.592. The molecule has 1 unspecified atom stereocenters. The van der Waals surface area contributed by atoms with E-state index in [2.05, 4.69) is 91.1 Å². The molecule has 2 aromatic carbocycles. The zero-order valence-corrected chi connectivity index (χ0v) is 19.7. The summed E-state index contributed by atoms with van der Waals surface area (Å²) in [5, 5.41) is 15.9. The molecular formula is C27H36N6. The van der Waals surface area contributed by atoms with Crippen LogP contribution in [0, 0.1) is 0 Å². The summed E-state index contributed by atoms with van der Waals surface area (Å²) in [6, 6.07) is 21.4. The number of aryl methyl sites for hydroxylation is 2. The van der Waals surface area contributed by atoms with Crippen LogP contribution in [-0.4, -0.2) is 40.9 Å². The van der Waals surface area contributed by atoms with Crippen LogP contribution >= 0.6 is 0 Å². The van der Waals surface area contributed by atoms with Gasteiger partial charge in [-0.3, -0.25) is 4.99 Å². The van der Waals surface area contributed by atoms with Crippen LogP contribution in [0.2, 0.25) is 0 Å². The number of aromatic nitrogens is 3. The van der Waals surface area contributed by atoms with Gasteiger partial charge in [-0.1, -0.05) is 67.1 Å². The first kappa shape index (κ1) is 23.0. The Morgan fingerprint density at radius 2 is 1.76 bits per heavy atom. The van der Waals surface area contributed by atoms with Crippen LogP contribution in [0.15, 0.2) is 65.7 Å². The van der Waals surface area contributed by atoms with Gasteiger partial charge in [-0.05, 0) is 36.8 Å². The average molecular weight is 445 g/mol. The predicted octanol–water partition coefficient (Wildman–Crippen LogP) is 4.13. The first-order chi connectivity index (χ1) is 16.3. The first-order valence-corrected chi connectivity index (χ1v) is 12.3. The normalized spacial score (nSPS) is 14.9. The van der Waals surface area contributed by atoms with Crippen molar-refractivity contribution >= 4 is 5.96 Å². The summed E-state index contributed by atoms with van der Waals surface area (Å²) in [6.45, 7) is 2.75. The first-order valence-electron chi connectivity index (χ1n) is 12.3. The molecule has 1 aliphatic heterocycles. The Labute approximate surface area is 197 Å². The molecule has 0 fully saturated rings. The lowest BCUT2D eigenvalue weighted by atomic mass is 9.92. The lowest BCUT2D eigenvalue weighted by Gasteiger charge is -2.20. The molecule has 3 aromatic rings. The summed E-state index contributed by atoms with van der Waals surface area (Å²) in [4.78, 5) is 4.44. The fourth-order valence-corrected chi connectivity index (χ4v) is 4.56. The lowest BCUT2D eigenvalue weighted by Crippen LogP contribution is -2.40. The van der Waals surface area contributed by atoms with Crippen molar-refractivity contribution in [1.82, 2.24) is 25.4 Å². The quantitative estimate of drug-likeness (QED) is 0.296. The molecule has 6 nitrogen and oxygen atoms in total. The molecule has 0 radical (unpaired) electrons. The smallest absolute Gasteiger partial charge is 0.190 e. The number of aliphatic imine (C=N–C) groups is 1. The number of benzene rings is 2. The van der Waals surface area contributed by atoms with E-state index in [-0.39, 0.29) is 0 Å². The summed E-state index contributed by atoms with van der Waals surface area (Å²) in [6.07, 6.45) is 7.76. The van der Waals surface area contributed by atoms with Crippen LogP contribution < -0.4 is 10.6 Å². The van der Waals surface area contributed by atoms with E-state index < -0.39 is 0 Å². The van der Waals surface area contributed by atoms with Crippen molar-refractivity contribution < 1.29 is 0 Å². The van der Waals surface area contributed by atoms with Crippen LogP contribution in [0.5, 0.6) is 0 Å². The highest BCUT2D eigenvalue weighted by Gasteiger charge is 2.15. The summed E-state index contributed by atoms with van der Waals surface area (Å²) in [5.74, 6) is 3.52. The third-order valence-corrected chi connectivity index (χ3v) is 6.39. The van der Waals surface area contributed by atoms with Gasteiger partial charge < -0.3 is 15.2 Å². The SMILES string of the molecule is CN=C(NCCCc1nnc2n1CCCCC2)NCC(Cc1ccccc1)c1ccccc1. The van der Waals surface area contributed by atoms with E-state index in [1.165, 1.54) is 36.2 Å². The van der Waals surface area contributed by atoms with Crippen molar-refractivity contribution in [2.45, 2.75) is 57.4 Å². The van der Waals surface area contributed by atoms with E-state index in [4.69, 9.17) is 0 Å². The van der Waals surface area contributed by atoms with Gasteiger partial charge in [0.05, 0.1) is 0 Å². The Hall–Kier alpha value is -3.15. The molecule has 0 spiro atoms. The second-order valence-electron chi connectivity index (χ2n) is 8.78. The molecule has 0 bridgehead atoms. The zero-order chi connectivity index (χ0) is 22.7. The third-order valence-electron chi connectivity index (χ3n) is 6.39. The molecule has 0 aliphatic carbocycles. The third kappa shape index (κ3) is 6.67. The minimum absolute atomic E-state index is 0.374. The topological polar surface area (TPSA) is 67.1 Å². The summed E-state index contributed by atoms with van der Waals surface area (Å²) < 4.78 is 2.34. The Morgan fingerprint density at radius 3 is 2.55 bits per heavy atom. The van der Waals surface area contributed by atoms with Crippen LogP contribution in [0.3, 0.4) is 0 Å². The van der Waals surface area contributed by atoms with Crippen molar-refractivity contribution in [3.8, 4) is 0 Å². The standard InChI is InChI=1S/C27H36N6/c1-28-27(29-18-11-17-26-32-31-25-16-9-4-10-19-33(25)26)30-21-24(23-14-7-3-8-15-23)20-22-12-5-2-6-13-22/h2-3,5-8,12-15,24H,4,9-11,16-21H2,1H3,(H2,28,29,30). The van der Waals surface area contributed by atoms with E-state index in [1.807, 2.05) is 7.05 Å². The van der Waals surface area contributed by atoms with Crippen LogP contribution in [0.25, 0.3) is 0 Å². The Kier molecular flexibility index (Phi) is 8.50. The van der Waals surface area contributed by atoms with Gasteiger partial charge in [-0.2, -0.15) is 0 Å². The largest absolute Gasteiger partial charge is 0.356 e. The van der Waals surface area contributed by atoms with Gasteiger partial charge in [0.15, 0.2) is 5.96 Å². The maximum Gasteiger partial charge on any atom is 0.190 e. The van der Waals surface area contributed by atoms with E-state index in [1.54, 1.807) is 0 Å². The van der Waals surface area contributed by atoms with E-state index in [0.717, 1.165) is 57.1 Å². The molecule has 1 aromatic heterocycles. The second kappa shape index (κ2) is 12.2. The Morgan fingerprint density at radius 1 is 0.970 bits per heavy atom. The van der Waals surface area contributed by atoms with Gasteiger partial charge in [0.2, 0.25) is 0 Å². The number of hydrogen-bond acceptors (Lipinski definition) is 3. The van der Waals surface area contributed by atoms with Gasteiger partial charge in [0.1, 0.15) is 11.6 Å². The number of fused-ring (bicyclic) bond motifs is 1. The molecule has 0 saturated carbocycles. The van der Waals surface area contributed by atoms with Gasteiger partial charge in [-0.15, -0.1) is 10.2 Å². The molecule has 174 valence electrons. The van der Waals surface area contributed by atoms with Crippen molar-refractivity contribution in [3.63, 3.8) is 0 Å². The summed E-state index contributed by atoms with van der Waals surface area (Å²) in [5.41, 5.74) is 2.69. The molecular weight excluding hydrogens is 408 g/mol. The van der Waals surface area contributed by atoms with E-state index in [0.29, 0.717) is 5.92 Å². The average Bonchev–Trinajstić information content (AvgIpc) is 3.09. The minimum Gasteiger partial charge on any atom is -0.356 e. The Bertz CT molecular complexity index is 996. The van der Waals surface area contributed by atoms with Crippen LogP contribution in [0.1, 0.15) is 54.4 Å². The molecule has 2 heterocycles. The second-order valence-corrected chi connectivity index (χ2v) is 8.78. The van der Waals surface area contributed by atoms with Crippen LogP contribution in [0.4, 0.5) is 0 Å². The maximum absolute atomic E-state index is 4.45. The fraction of sp³-hybridized carbons (Fsp3) is 0.444. The van der Waals surface area contributed by atoms with E-state index in [9.17, 15) is 0 Å². The minimum atomic E-state index is 0.374. The monoisotopic (exact) mass is 444 g/mol. The zero-order valence-electron chi connectivity index (χ0n) is 19.7. The van der Waals surface area contributed by atoms with Crippen molar-refractivity contribution in [2.75, 3.05) is 20.1 Å². The number of guanidine groups is 1. The molecule has 0 saturated heterocycles. The Balaban J connectivity index is 1.27. The number of rotatable bonds is 9. The number of hydrogen-bond donors (Lipinski definition) is 2. The van der Waals surface area contributed by atoms with Gasteiger partial charge in [0, 0.05) is 45.4 Å². The van der Waals surface area contributed by atoms with Gasteiger partial charge in [-0.25, -0.2) is 0 Å². The van der Waals surface area contributed by atoms with Crippen molar-refractivity contribution in [2.24, 2.45) is 4.99 Å². The molecule has 33 heavy (non-hydrogen) atoms. The summed E-state index contributed by atoms with van der Waals surface area (Å²) in [7, 11) is 1.84. The maximum atomic E-state index is 4.45. The predicted molar refractivity (Wildman–Crippen MR) is 135 cm³/mol. The number of nitrogens with zero attached hydrogens (tertiary/aromatic N) is 4. The van der Waals surface area contributed by atoms with Gasteiger partial charge >= 0.3 is 0 Å². The van der Waals surface area contributed by atoms with E-state index >= 15 is 0 Å². The molecule has 1 atom stereocenters. The molecule has 1 aliphatic rings. The highest BCUT2D eigenvalue weighted by atomic mass is 15.3. The fourth-order valence-electron chi connectivity index (χ4n) is 4.56. The highest BCUT2D eigenvalue weighted by molar-refractivity contribution is 5.79. The molecule has 2 N–H and O–H groups in total. The molecule has 6 heteroatoms. The number of nitrogens with one attached hydrogen (secondary N) is 2. The molecule has 4 rings (SSSR count). The van der Waals surface area contributed by atoms with Crippen molar-refractivity contribution in [1.29, 1.82) is 0 Å². The van der Waals surface area contributed by atoms with Crippen LogP contribution in [-0.2, 0) is 25.8 Å². The highest BCUT2D eigenvalue weighted by Crippen LogP contribution is 2.20.